The molecule has 1 N–H and O–H groups in total. The number of rotatable bonds is 3. The van der Waals surface area contributed by atoms with Crippen LogP contribution in [0.15, 0.2) is 6.20 Å². The van der Waals surface area contributed by atoms with Gasteiger partial charge in [-0.1, -0.05) is 6.92 Å². The monoisotopic (exact) mass is 294 g/mol. The van der Waals surface area contributed by atoms with Crippen molar-refractivity contribution in [3.8, 4) is 0 Å². The van der Waals surface area contributed by atoms with Crippen molar-refractivity contribution >= 4 is 28.6 Å². The highest BCUT2D eigenvalue weighted by molar-refractivity contribution is 14.1. The van der Waals surface area contributed by atoms with Gasteiger partial charge in [0.25, 0.3) is 0 Å². The number of carboxylic acid groups (broad SMARTS) is 1. The van der Waals surface area contributed by atoms with E-state index in [-0.39, 0.29) is 0 Å². The zero-order valence-corrected chi connectivity index (χ0v) is 9.65. The third-order valence-corrected chi connectivity index (χ3v) is 2.91. The van der Waals surface area contributed by atoms with E-state index < -0.39 is 12.0 Å². The fourth-order valence-electron chi connectivity index (χ4n) is 1.09. The first-order chi connectivity index (χ1) is 6.06. The maximum atomic E-state index is 10.8. The fourth-order valence-corrected chi connectivity index (χ4v) is 1.49. The van der Waals surface area contributed by atoms with Crippen LogP contribution in [0.3, 0.4) is 0 Å². The van der Waals surface area contributed by atoms with Crippen molar-refractivity contribution in [2.24, 2.45) is 0 Å². The van der Waals surface area contributed by atoms with E-state index in [4.69, 9.17) is 5.11 Å². The van der Waals surface area contributed by atoms with Gasteiger partial charge in [0, 0.05) is 6.20 Å². The summed E-state index contributed by atoms with van der Waals surface area (Å²) in [4.78, 5) is 10.8. The molecule has 4 nitrogen and oxygen atoms in total. The maximum Gasteiger partial charge on any atom is 0.328 e. The Kier molecular flexibility index (Phi) is 3.29. The van der Waals surface area contributed by atoms with Crippen LogP contribution in [0, 0.1) is 10.5 Å². The lowest BCUT2D eigenvalue weighted by molar-refractivity contribution is -0.141. The molecule has 0 spiro atoms. The standard InChI is InChI=1S/C8H11IN2O2/c1-3-7(8(12)13)11-4-6(9)5(2)10-11/h4,7H,3H2,1-2H3,(H,12,13)/t7-/m1/s1. The number of aliphatic carboxylic acids is 1. The van der Waals surface area contributed by atoms with Crippen LogP contribution in [-0.2, 0) is 4.79 Å². The molecule has 0 saturated heterocycles. The first-order valence-electron chi connectivity index (χ1n) is 4.00. The number of hydrogen-bond acceptors (Lipinski definition) is 2. The number of hydrogen-bond donors (Lipinski definition) is 1. The van der Waals surface area contributed by atoms with Crippen LogP contribution < -0.4 is 0 Å². The average Bonchev–Trinajstić information content (AvgIpc) is 2.32. The molecular formula is C8H11IN2O2. The SMILES string of the molecule is CC[C@H](C(=O)O)n1cc(I)c(C)n1. The summed E-state index contributed by atoms with van der Waals surface area (Å²) >= 11 is 2.14. The summed E-state index contributed by atoms with van der Waals surface area (Å²) in [6.07, 6.45) is 2.31. The average molecular weight is 294 g/mol. The van der Waals surface area contributed by atoms with Gasteiger partial charge in [-0.3, -0.25) is 4.68 Å². The van der Waals surface area contributed by atoms with Crippen molar-refractivity contribution in [3.63, 3.8) is 0 Å². The van der Waals surface area contributed by atoms with Gasteiger partial charge in [0.1, 0.15) is 6.04 Å². The fraction of sp³-hybridized carbons (Fsp3) is 0.500. The Hall–Kier alpha value is -0.590. The van der Waals surface area contributed by atoms with Crippen molar-refractivity contribution in [1.29, 1.82) is 0 Å². The number of aromatic nitrogens is 2. The Balaban J connectivity index is 2.98. The van der Waals surface area contributed by atoms with E-state index in [2.05, 4.69) is 27.7 Å². The highest BCUT2D eigenvalue weighted by Gasteiger charge is 2.18. The van der Waals surface area contributed by atoms with Gasteiger partial charge in [-0.2, -0.15) is 5.10 Å². The van der Waals surface area contributed by atoms with Gasteiger partial charge < -0.3 is 5.11 Å². The first kappa shape index (κ1) is 10.5. The second kappa shape index (κ2) is 4.08. The number of nitrogens with zero attached hydrogens (tertiary/aromatic N) is 2. The molecule has 0 aliphatic carbocycles. The minimum atomic E-state index is -0.832. The third kappa shape index (κ3) is 2.20. The molecule has 0 aromatic carbocycles. The van der Waals surface area contributed by atoms with E-state index in [0.29, 0.717) is 6.42 Å². The van der Waals surface area contributed by atoms with Crippen LogP contribution in [0.4, 0.5) is 0 Å². The topological polar surface area (TPSA) is 55.1 Å². The molecule has 0 amide bonds. The molecule has 1 atom stereocenters. The Morgan fingerprint density at radius 2 is 2.46 bits per heavy atom. The zero-order chi connectivity index (χ0) is 10.0. The molecule has 1 aromatic rings. The number of halogens is 1. The van der Waals surface area contributed by atoms with Crippen LogP contribution >= 0.6 is 22.6 Å². The van der Waals surface area contributed by atoms with Crippen LogP contribution in [0.25, 0.3) is 0 Å². The summed E-state index contributed by atoms with van der Waals surface area (Å²) in [5, 5.41) is 13.0. The van der Waals surface area contributed by atoms with Crippen molar-refractivity contribution in [2.75, 3.05) is 0 Å². The molecule has 0 aliphatic heterocycles. The molecule has 1 heterocycles. The molecule has 0 bridgehead atoms. The second-order valence-corrected chi connectivity index (χ2v) is 3.97. The molecule has 0 unspecified atom stereocenters. The van der Waals surface area contributed by atoms with Crippen LogP contribution in [0.5, 0.6) is 0 Å². The number of aryl methyl sites for hydroxylation is 1. The molecule has 1 aromatic heterocycles. The number of carboxylic acids is 1. The van der Waals surface area contributed by atoms with Crippen LogP contribution in [0.1, 0.15) is 25.1 Å². The quantitative estimate of drug-likeness (QED) is 0.865. The van der Waals surface area contributed by atoms with Gasteiger partial charge in [-0.05, 0) is 35.9 Å². The Labute approximate surface area is 90.1 Å². The minimum Gasteiger partial charge on any atom is -0.480 e. The van der Waals surface area contributed by atoms with E-state index in [1.54, 1.807) is 6.20 Å². The molecular weight excluding hydrogens is 283 g/mol. The lowest BCUT2D eigenvalue weighted by Gasteiger charge is -2.09. The minimum absolute atomic E-state index is 0.540. The predicted molar refractivity (Wildman–Crippen MR) is 56.6 cm³/mol. The Bertz CT molecular complexity index is 302. The first-order valence-corrected chi connectivity index (χ1v) is 5.08. The summed E-state index contributed by atoms with van der Waals surface area (Å²) in [5.74, 6) is -0.832. The van der Waals surface area contributed by atoms with E-state index in [0.717, 1.165) is 9.26 Å². The van der Waals surface area contributed by atoms with Crippen molar-refractivity contribution in [3.05, 3.63) is 15.5 Å². The molecule has 0 aliphatic rings. The van der Waals surface area contributed by atoms with E-state index in [9.17, 15) is 4.79 Å². The van der Waals surface area contributed by atoms with Crippen molar-refractivity contribution < 1.29 is 9.90 Å². The van der Waals surface area contributed by atoms with Crippen LogP contribution in [-0.4, -0.2) is 20.9 Å². The van der Waals surface area contributed by atoms with Gasteiger partial charge in [0.15, 0.2) is 0 Å². The summed E-state index contributed by atoms with van der Waals surface area (Å²) < 4.78 is 2.51. The largest absolute Gasteiger partial charge is 0.480 e. The molecule has 1 rings (SSSR count). The Morgan fingerprint density at radius 1 is 1.85 bits per heavy atom. The summed E-state index contributed by atoms with van der Waals surface area (Å²) in [6.45, 7) is 3.70. The Morgan fingerprint density at radius 3 is 2.77 bits per heavy atom. The van der Waals surface area contributed by atoms with Crippen molar-refractivity contribution in [1.82, 2.24) is 9.78 Å². The van der Waals surface area contributed by atoms with Gasteiger partial charge in [0.05, 0.1) is 9.26 Å². The highest BCUT2D eigenvalue weighted by Crippen LogP contribution is 2.15. The van der Waals surface area contributed by atoms with Crippen LogP contribution in [0.2, 0.25) is 0 Å². The molecule has 5 heteroatoms. The second-order valence-electron chi connectivity index (χ2n) is 2.80. The summed E-state index contributed by atoms with van der Waals surface area (Å²) in [5.41, 5.74) is 0.875. The predicted octanol–water partition coefficient (Wildman–Crippen LogP) is 1.83. The lowest BCUT2D eigenvalue weighted by Crippen LogP contribution is -2.18. The van der Waals surface area contributed by atoms with Gasteiger partial charge in [0.2, 0.25) is 0 Å². The van der Waals surface area contributed by atoms with Crippen molar-refractivity contribution in [2.45, 2.75) is 26.3 Å². The lowest BCUT2D eigenvalue weighted by atomic mass is 10.2. The van der Waals surface area contributed by atoms with E-state index in [1.807, 2.05) is 13.8 Å². The molecule has 13 heavy (non-hydrogen) atoms. The molecule has 0 radical (unpaired) electrons. The van der Waals surface area contributed by atoms with Gasteiger partial charge >= 0.3 is 5.97 Å². The van der Waals surface area contributed by atoms with Gasteiger partial charge in [-0.25, -0.2) is 4.79 Å². The summed E-state index contributed by atoms with van der Waals surface area (Å²) in [6, 6.07) is -0.540. The number of carbonyl (C=O) groups is 1. The highest BCUT2D eigenvalue weighted by atomic mass is 127. The smallest absolute Gasteiger partial charge is 0.328 e. The normalized spacial score (nSPS) is 12.8. The van der Waals surface area contributed by atoms with E-state index in [1.165, 1.54) is 4.68 Å². The molecule has 0 saturated carbocycles. The maximum absolute atomic E-state index is 10.8. The molecule has 72 valence electrons. The molecule has 0 fully saturated rings. The zero-order valence-electron chi connectivity index (χ0n) is 7.49. The van der Waals surface area contributed by atoms with E-state index >= 15 is 0 Å². The third-order valence-electron chi connectivity index (χ3n) is 1.85. The van der Waals surface area contributed by atoms with Gasteiger partial charge in [-0.15, -0.1) is 0 Å². The summed E-state index contributed by atoms with van der Waals surface area (Å²) in [7, 11) is 0.